The quantitative estimate of drug-likeness (QED) is 0.248. The Labute approximate surface area is 299 Å². The van der Waals surface area contributed by atoms with Crippen LogP contribution in [0.25, 0.3) is 0 Å². The average molecular weight is 688 g/mol. The minimum atomic E-state index is -0.946. The minimum absolute atomic E-state index is 0.0156. The number of nitrogens with two attached hydrogens (primary N) is 1. The highest BCUT2D eigenvalue weighted by atomic mass is 16.5. The van der Waals surface area contributed by atoms with Gasteiger partial charge in [0.15, 0.2) is 5.78 Å². The van der Waals surface area contributed by atoms with Crippen LogP contribution in [0.1, 0.15) is 127 Å². The number of hydrogen-bond acceptors (Lipinski definition) is 5. The van der Waals surface area contributed by atoms with E-state index in [-0.39, 0.29) is 63.8 Å². The summed E-state index contributed by atoms with van der Waals surface area (Å²) in [6.07, 6.45) is 7.83. The van der Waals surface area contributed by atoms with Crippen LogP contribution in [-0.4, -0.2) is 35.3 Å². The molecule has 0 aliphatic heterocycles. The number of urea groups is 1. The molecule has 0 bridgehead atoms. The maximum atomic E-state index is 13.9. The molecule has 0 spiro atoms. The van der Waals surface area contributed by atoms with Gasteiger partial charge in [0.2, 0.25) is 5.91 Å². The maximum Gasteiger partial charge on any atom is 0.319 e. The van der Waals surface area contributed by atoms with Crippen molar-refractivity contribution in [2.45, 2.75) is 138 Å². The van der Waals surface area contributed by atoms with Crippen molar-refractivity contribution in [1.29, 1.82) is 0 Å². The Hall–Kier alpha value is -3.16. The zero-order valence-corrected chi connectivity index (χ0v) is 32.0. The van der Waals surface area contributed by atoms with Gasteiger partial charge in [-0.1, -0.05) is 80.5 Å². The molecule has 8 heteroatoms. The molecule has 4 fully saturated rings. The number of amides is 3. The molecule has 7 unspecified atom stereocenters. The van der Waals surface area contributed by atoms with Crippen molar-refractivity contribution in [1.82, 2.24) is 5.32 Å². The van der Waals surface area contributed by atoms with Crippen molar-refractivity contribution in [2.75, 3.05) is 5.32 Å². The number of allylic oxidation sites excluding steroid dienone is 1. The predicted octanol–water partition coefficient (Wildman–Crippen LogP) is 8.35. The number of nitrogens with one attached hydrogen (secondary N) is 2. The number of rotatable bonds is 7. The highest BCUT2D eigenvalue weighted by Crippen LogP contribution is 2.76. The van der Waals surface area contributed by atoms with E-state index in [0.717, 1.165) is 62.6 Å². The number of carbonyl (C=O) groups is 4. The van der Waals surface area contributed by atoms with Crippen molar-refractivity contribution in [3.8, 4) is 0 Å². The highest BCUT2D eigenvalue weighted by Gasteiger charge is 2.70. The van der Waals surface area contributed by atoms with Crippen LogP contribution in [0.4, 0.5) is 10.5 Å². The van der Waals surface area contributed by atoms with Gasteiger partial charge in [0.25, 0.3) is 0 Å². The molecule has 274 valence electrons. The minimum Gasteiger partial charge on any atom is -0.462 e. The van der Waals surface area contributed by atoms with Gasteiger partial charge in [-0.15, -0.1) is 0 Å². The number of carbonyl (C=O) groups excluding carboxylic acids is 4. The lowest BCUT2D eigenvalue weighted by molar-refractivity contribution is -0.232. The Kier molecular flexibility index (Phi) is 8.95. The highest BCUT2D eigenvalue weighted by molar-refractivity contribution is 6.03. The van der Waals surface area contributed by atoms with E-state index in [1.807, 2.05) is 30.3 Å². The van der Waals surface area contributed by atoms with Gasteiger partial charge in [0.1, 0.15) is 6.10 Å². The number of fused-ring (bicyclic) bond motifs is 7. The molecule has 5 aliphatic rings. The van der Waals surface area contributed by atoms with E-state index in [4.69, 9.17) is 10.5 Å². The lowest BCUT2D eigenvalue weighted by atomic mass is 9.33. The lowest BCUT2D eigenvalue weighted by Gasteiger charge is -2.72. The Morgan fingerprint density at radius 3 is 2.22 bits per heavy atom. The number of esters is 1. The fourth-order valence-electron chi connectivity index (χ4n) is 12.5. The molecule has 1 aromatic rings. The second kappa shape index (κ2) is 12.2. The molecule has 1 aromatic carbocycles. The second-order valence-electron chi connectivity index (χ2n) is 19.0. The SMILES string of the molecule is CC(C)C1=C2C3CCC4C5(C)CCC(OC(=O)CC(C)(C)C(N)=O)C(C)(C)C5CCC4(C)[C@]3(C)CCC2(NC(=O)Nc2ccccc2)CC1=O. The fraction of sp³-hybridized carbons (Fsp3) is 0.714. The predicted molar refractivity (Wildman–Crippen MR) is 196 cm³/mol. The molecule has 4 N–H and O–H groups in total. The molecule has 50 heavy (non-hydrogen) atoms. The normalized spacial score (nSPS) is 37.6. The molecule has 0 aromatic heterocycles. The molecule has 3 amide bonds. The molecular formula is C42H61N3O5. The molecule has 6 rings (SSSR count). The summed E-state index contributed by atoms with van der Waals surface area (Å²) in [5.74, 6) is 0.529. The first-order chi connectivity index (χ1) is 23.2. The third kappa shape index (κ3) is 5.53. The molecular weight excluding hydrogens is 626 g/mol. The van der Waals surface area contributed by atoms with Crippen LogP contribution in [0.5, 0.6) is 0 Å². The van der Waals surface area contributed by atoms with Crippen LogP contribution >= 0.6 is 0 Å². The average Bonchev–Trinajstić information content (AvgIpc) is 3.30. The van der Waals surface area contributed by atoms with E-state index in [1.165, 1.54) is 5.57 Å². The van der Waals surface area contributed by atoms with E-state index < -0.39 is 16.9 Å². The molecule has 8 nitrogen and oxygen atoms in total. The molecule has 4 saturated carbocycles. The zero-order chi connectivity index (χ0) is 36.7. The molecule has 5 aliphatic carbocycles. The Morgan fingerprint density at radius 1 is 0.900 bits per heavy atom. The standard InChI is InChI=1S/C42H61N3O5/c1-25(2)33-28(46)23-42(45-36(49)44-26-13-11-10-12-14-26)22-21-40(8)27(34(33)42)15-16-30-39(7)19-18-31(50-32(47)24-37(3,4)35(43)48)38(5,6)29(39)17-20-41(30,40)9/h10-14,25,27,29-31H,15-24H2,1-9H3,(H2,43,48)(H2,44,45,49)/t27?,29?,30?,31?,39?,40-,41?,42?/m1/s1. The number of hydrogen-bond donors (Lipinski definition) is 3. The number of para-hydroxylation sites is 1. The van der Waals surface area contributed by atoms with Crippen LogP contribution in [0.2, 0.25) is 0 Å². The number of primary amides is 1. The Balaban J connectivity index is 1.28. The molecule has 8 atom stereocenters. The van der Waals surface area contributed by atoms with Gasteiger partial charge in [-0.2, -0.15) is 0 Å². The number of ether oxygens (including phenoxy) is 1. The first-order valence-electron chi connectivity index (χ1n) is 19.1. The Morgan fingerprint density at radius 2 is 1.58 bits per heavy atom. The lowest BCUT2D eigenvalue weighted by Crippen LogP contribution is -2.67. The summed E-state index contributed by atoms with van der Waals surface area (Å²) in [6, 6.07) is 9.26. The summed E-state index contributed by atoms with van der Waals surface area (Å²) in [5, 5.41) is 6.43. The third-order valence-corrected chi connectivity index (χ3v) is 15.3. The summed E-state index contributed by atoms with van der Waals surface area (Å²) in [6.45, 7) is 19.8. The van der Waals surface area contributed by atoms with Gasteiger partial charge in [-0.25, -0.2) is 4.79 Å². The van der Waals surface area contributed by atoms with Crippen molar-refractivity contribution in [3.05, 3.63) is 41.5 Å². The van der Waals surface area contributed by atoms with Crippen LogP contribution in [-0.2, 0) is 19.1 Å². The second-order valence-corrected chi connectivity index (χ2v) is 19.0. The first kappa shape index (κ1) is 36.6. The van der Waals surface area contributed by atoms with Crippen LogP contribution in [0, 0.1) is 50.7 Å². The largest absolute Gasteiger partial charge is 0.462 e. The Bertz CT molecular complexity index is 1600. The number of Topliss-reactive ketones (excluding diaryl/α,β-unsaturated/α-hetero) is 1. The fourth-order valence-corrected chi connectivity index (χ4v) is 12.5. The van der Waals surface area contributed by atoms with Gasteiger partial charge in [-0.3, -0.25) is 14.4 Å². The summed E-state index contributed by atoms with van der Waals surface area (Å²) in [5.41, 5.74) is 6.74. The maximum absolute atomic E-state index is 13.9. The number of ketones is 1. The monoisotopic (exact) mass is 687 g/mol. The molecule has 0 heterocycles. The number of benzene rings is 1. The van der Waals surface area contributed by atoms with Gasteiger partial charge in [-0.05, 0) is 115 Å². The third-order valence-electron chi connectivity index (χ3n) is 15.3. The van der Waals surface area contributed by atoms with E-state index in [2.05, 4.69) is 59.1 Å². The molecule has 0 saturated heterocycles. The number of anilines is 1. The topological polar surface area (TPSA) is 128 Å². The van der Waals surface area contributed by atoms with Crippen molar-refractivity contribution >= 4 is 29.4 Å². The first-order valence-corrected chi connectivity index (χ1v) is 19.1. The van der Waals surface area contributed by atoms with E-state index in [1.54, 1.807) is 13.8 Å². The van der Waals surface area contributed by atoms with Crippen LogP contribution in [0.3, 0.4) is 0 Å². The molecule has 0 radical (unpaired) electrons. The van der Waals surface area contributed by atoms with Crippen molar-refractivity contribution in [2.24, 2.45) is 56.5 Å². The zero-order valence-electron chi connectivity index (χ0n) is 32.0. The van der Waals surface area contributed by atoms with Crippen molar-refractivity contribution in [3.63, 3.8) is 0 Å². The smallest absolute Gasteiger partial charge is 0.319 e. The summed E-state index contributed by atoms with van der Waals surface area (Å²) in [4.78, 5) is 52.5. The summed E-state index contributed by atoms with van der Waals surface area (Å²) < 4.78 is 6.20. The van der Waals surface area contributed by atoms with E-state index in [0.29, 0.717) is 18.3 Å². The van der Waals surface area contributed by atoms with Crippen LogP contribution < -0.4 is 16.4 Å². The summed E-state index contributed by atoms with van der Waals surface area (Å²) >= 11 is 0. The van der Waals surface area contributed by atoms with Gasteiger partial charge < -0.3 is 21.1 Å². The van der Waals surface area contributed by atoms with E-state index in [9.17, 15) is 19.2 Å². The van der Waals surface area contributed by atoms with Gasteiger partial charge in [0, 0.05) is 17.5 Å². The van der Waals surface area contributed by atoms with E-state index >= 15 is 0 Å². The van der Waals surface area contributed by atoms with Crippen LogP contribution in [0.15, 0.2) is 41.5 Å². The van der Waals surface area contributed by atoms with Gasteiger partial charge >= 0.3 is 12.0 Å². The summed E-state index contributed by atoms with van der Waals surface area (Å²) in [7, 11) is 0. The van der Waals surface area contributed by atoms with Crippen molar-refractivity contribution < 1.29 is 23.9 Å². The van der Waals surface area contributed by atoms with Gasteiger partial charge in [0.05, 0.1) is 17.4 Å².